The van der Waals surface area contributed by atoms with Crippen LogP contribution in [0.1, 0.15) is 36.5 Å². The summed E-state index contributed by atoms with van der Waals surface area (Å²) in [6.45, 7) is 3.64. The minimum atomic E-state index is -0.503. The van der Waals surface area contributed by atoms with E-state index in [2.05, 4.69) is 10.2 Å². The Morgan fingerprint density at radius 2 is 1.81 bits per heavy atom. The number of amides is 2. The number of carbonyl (C=O) groups excluding carboxylic acids is 2. The van der Waals surface area contributed by atoms with E-state index in [4.69, 9.17) is 4.74 Å². The number of nitro benzene ring substituents is 1. The van der Waals surface area contributed by atoms with Gasteiger partial charge in [-0.3, -0.25) is 19.8 Å². The van der Waals surface area contributed by atoms with E-state index >= 15 is 0 Å². The summed E-state index contributed by atoms with van der Waals surface area (Å²) in [6.07, 6.45) is 2.71. The second kappa shape index (κ2) is 9.92. The molecule has 2 aromatic rings. The van der Waals surface area contributed by atoms with Gasteiger partial charge in [-0.1, -0.05) is 0 Å². The monoisotopic (exact) mass is 426 g/mol. The second-order valence-corrected chi connectivity index (χ2v) is 7.27. The molecule has 0 aliphatic carbocycles. The van der Waals surface area contributed by atoms with E-state index in [0.29, 0.717) is 17.1 Å². The molecule has 0 spiro atoms. The Hall–Kier alpha value is -3.62. The second-order valence-electron chi connectivity index (χ2n) is 7.27. The van der Waals surface area contributed by atoms with Gasteiger partial charge in [0.25, 0.3) is 11.6 Å². The van der Waals surface area contributed by atoms with Crippen molar-refractivity contribution in [2.45, 2.75) is 26.2 Å². The summed E-state index contributed by atoms with van der Waals surface area (Å²) >= 11 is 0. The first-order valence-electron chi connectivity index (χ1n) is 10.3. The Morgan fingerprint density at radius 3 is 2.42 bits per heavy atom. The van der Waals surface area contributed by atoms with Crippen LogP contribution in [0.2, 0.25) is 0 Å². The molecule has 2 aromatic carbocycles. The van der Waals surface area contributed by atoms with Crippen LogP contribution < -0.4 is 15.1 Å². The molecule has 1 heterocycles. The standard InChI is InChI=1S/C22H26N4O5/c1-3-31-22(28)24(2)17-9-7-16(8-10-17)23-21(27)19-15-18(26(29)30)11-12-20(19)25-13-5-4-6-14-25/h7-12,15H,3-6,13-14H2,1-2H3,(H,23,27). The maximum atomic E-state index is 13.0. The van der Waals surface area contributed by atoms with E-state index in [1.807, 2.05) is 0 Å². The van der Waals surface area contributed by atoms with Gasteiger partial charge in [0.2, 0.25) is 0 Å². The Labute approximate surface area is 180 Å². The molecule has 0 radical (unpaired) electrons. The Balaban J connectivity index is 1.81. The molecule has 2 amide bonds. The minimum absolute atomic E-state index is 0.127. The molecule has 1 fully saturated rings. The first-order chi connectivity index (χ1) is 14.9. The molecule has 1 N–H and O–H groups in total. The smallest absolute Gasteiger partial charge is 0.413 e. The van der Waals surface area contributed by atoms with E-state index in [9.17, 15) is 19.7 Å². The van der Waals surface area contributed by atoms with Crippen molar-refractivity contribution >= 4 is 34.7 Å². The van der Waals surface area contributed by atoms with Gasteiger partial charge in [0, 0.05) is 43.6 Å². The van der Waals surface area contributed by atoms with Crippen molar-refractivity contribution < 1.29 is 19.2 Å². The molecule has 3 rings (SSSR count). The number of nitro groups is 1. The van der Waals surface area contributed by atoms with E-state index in [-0.39, 0.29) is 17.9 Å². The van der Waals surface area contributed by atoms with Crippen LogP contribution in [0.3, 0.4) is 0 Å². The third-order valence-corrected chi connectivity index (χ3v) is 5.19. The predicted molar refractivity (Wildman–Crippen MR) is 119 cm³/mol. The van der Waals surface area contributed by atoms with Crippen molar-refractivity contribution in [1.82, 2.24) is 0 Å². The highest BCUT2D eigenvalue weighted by Crippen LogP contribution is 2.29. The van der Waals surface area contributed by atoms with E-state index in [1.54, 1.807) is 44.3 Å². The zero-order valence-electron chi connectivity index (χ0n) is 17.7. The molecular formula is C22H26N4O5. The third-order valence-electron chi connectivity index (χ3n) is 5.19. The Morgan fingerprint density at radius 1 is 1.13 bits per heavy atom. The van der Waals surface area contributed by atoms with E-state index in [1.165, 1.54) is 17.0 Å². The fourth-order valence-electron chi connectivity index (χ4n) is 3.52. The summed E-state index contributed by atoms with van der Waals surface area (Å²) < 4.78 is 4.97. The molecule has 9 nitrogen and oxygen atoms in total. The summed E-state index contributed by atoms with van der Waals surface area (Å²) in [4.78, 5) is 39.1. The number of ether oxygens (including phenoxy) is 1. The van der Waals surface area contributed by atoms with Gasteiger partial charge in [0.1, 0.15) is 0 Å². The van der Waals surface area contributed by atoms with Crippen LogP contribution in [0.5, 0.6) is 0 Å². The van der Waals surface area contributed by atoms with Crippen molar-refractivity contribution in [3.05, 3.63) is 58.1 Å². The van der Waals surface area contributed by atoms with Crippen molar-refractivity contribution in [2.75, 3.05) is 41.9 Å². The summed E-state index contributed by atoms with van der Waals surface area (Å²) in [5, 5.41) is 14.0. The quantitative estimate of drug-likeness (QED) is 0.541. The first kappa shape index (κ1) is 22.1. The topological polar surface area (TPSA) is 105 Å². The Bertz CT molecular complexity index is 955. The lowest BCUT2D eigenvalue weighted by Gasteiger charge is -2.30. The highest BCUT2D eigenvalue weighted by atomic mass is 16.6. The van der Waals surface area contributed by atoms with Crippen LogP contribution in [-0.2, 0) is 4.74 Å². The van der Waals surface area contributed by atoms with E-state index < -0.39 is 16.9 Å². The molecule has 1 aliphatic heterocycles. The molecular weight excluding hydrogens is 400 g/mol. The number of benzene rings is 2. The Kier molecular flexibility index (Phi) is 7.07. The number of nitrogens with one attached hydrogen (secondary N) is 1. The molecule has 0 atom stereocenters. The molecule has 31 heavy (non-hydrogen) atoms. The third kappa shape index (κ3) is 5.30. The lowest BCUT2D eigenvalue weighted by Crippen LogP contribution is -2.31. The van der Waals surface area contributed by atoms with Crippen LogP contribution in [0.15, 0.2) is 42.5 Å². The van der Waals surface area contributed by atoms with Gasteiger partial charge in [-0.15, -0.1) is 0 Å². The molecule has 0 aromatic heterocycles. The largest absolute Gasteiger partial charge is 0.449 e. The fraction of sp³-hybridized carbons (Fsp3) is 0.364. The lowest BCUT2D eigenvalue weighted by molar-refractivity contribution is -0.384. The van der Waals surface area contributed by atoms with Crippen LogP contribution in [0.4, 0.5) is 27.5 Å². The summed E-state index contributed by atoms with van der Waals surface area (Å²) in [5.74, 6) is -0.421. The molecule has 9 heteroatoms. The minimum Gasteiger partial charge on any atom is -0.449 e. The van der Waals surface area contributed by atoms with Crippen LogP contribution in [-0.4, -0.2) is 43.7 Å². The van der Waals surface area contributed by atoms with Gasteiger partial charge in [-0.2, -0.15) is 0 Å². The van der Waals surface area contributed by atoms with Crippen LogP contribution in [0, 0.1) is 10.1 Å². The normalized spacial score (nSPS) is 13.4. The lowest BCUT2D eigenvalue weighted by atomic mass is 10.1. The highest BCUT2D eigenvalue weighted by molar-refractivity contribution is 6.08. The molecule has 1 saturated heterocycles. The molecule has 0 unspecified atom stereocenters. The van der Waals surface area contributed by atoms with Gasteiger partial charge < -0.3 is 15.0 Å². The SMILES string of the molecule is CCOC(=O)N(C)c1ccc(NC(=O)c2cc([N+](=O)[O-])ccc2N2CCCCC2)cc1. The van der Waals surface area contributed by atoms with Crippen molar-refractivity contribution in [3.8, 4) is 0 Å². The van der Waals surface area contributed by atoms with Crippen molar-refractivity contribution in [3.63, 3.8) is 0 Å². The number of rotatable bonds is 6. The number of anilines is 3. The number of carbonyl (C=O) groups is 2. The first-order valence-corrected chi connectivity index (χ1v) is 10.3. The average molecular weight is 426 g/mol. The fourth-order valence-corrected chi connectivity index (χ4v) is 3.52. The van der Waals surface area contributed by atoms with Crippen LogP contribution in [0.25, 0.3) is 0 Å². The maximum Gasteiger partial charge on any atom is 0.413 e. The number of hydrogen-bond acceptors (Lipinski definition) is 6. The van der Waals surface area contributed by atoms with Crippen molar-refractivity contribution in [2.24, 2.45) is 0 Å². The van der Waals surface area contributed by atoms with Gasteiger partial charge in [0.15, 0.2) is 0 Å². The van der Waals surface area contributed by atoms with E-state index in [0.717, 1.165) is 32.4 Å². The highest BCUT2D eigenvalue weighted by Gasteiger charge is 2.22. The zero-order valence-corrected chi connectivity index (χ0v) is 17.7. The summed E-state index contributed by atoms with van der Waals surface area (Å²) in [5.41, 5.74) is 1.96. The molecule has 164 valence electrons. The zero-order chi connectivity index (χ0) is 22.4. The summed E-state index contributed by atoms with van der Waals surface area (Å²) in [6, 6.07) is 11.1. The van der Waals surface area contributed by atoms with Crippen molar-refractivity contribution in [1.29, 1.82) is 0 Å². The van der Waals surface area contributed by atoms with Gasteiger partial charge >= 0.3 is 6.09 Å². The van der Waals surface area contributed by atoms with Crippen LogP contribution >= 0.6 is 0 Å². The number of piperidine rings is 1. The van der Waals surface area contributed by atoms with Gasteiger partial charge in [-0.05, 0) is 56.5 Å². The number of non-ortho nitro benzene ring substituents is 1. The van der Waals surface area contributed by atoms with Gasteiger partial charge in [0.05, 0.1) is 22.8 Å². The molecule has 0 bridgehead atoms. The van der Waals surface area contributed by atoms with Gasteiger partial charge in [-0.25, -0.2) is 4.79 Å². The predicted octanol–water partition coefficient (Wildman–Crippen LogP) is 4.43. The average Bonchev–Trinajstić information content (AvgIpc) is 2.79. The summed E-state index contributed by atoms with van der Waals surface area (Å²) in [7, 11) is 1.60. The number of nitrogens with zero attached hydrogens (tertiary/aromatic N) is 3. The number of hydrogen-bond donors (Lipinski definition) is 1. The molecule has 0 saturated carbocycles. The molecule has 1 aliphatic rings. The maximum absolute atomic E-state index is 13.0.